The van der Waals surface area contributed by atoms with Gasteiger partial charge in [0.2, 0.25) is 0 Å². The minimum absolute atomic E-state index is 0.386. The summed E-state index contributed by atoms with van der Waals surface area (Å²) < 4.78 is 12.4. The maximum absolute atomic E-state index is 10.2. The fourth-order valence-corrected chi connectivity index (χ4v) is 2.80. The molecule has 10 heteroatoms. The zero-order valence-electron chi connectivity index (χ0n) is 13.9. The van der Waals surface area contributed by atoms with Gasteiger partial charge >= 0.3 is 0 Å². The number of imidazole rings is 1. The highest BCUT2D eigenvalue weighted by molar-refractivity contribution is 5.82. The van der Waals surface area contributed by atoms with Crippen LogP contribution in [-0.2, 0) is 9.47 Å². The second kappa shape index (κ2) is 8.02. The highest BCUT2D eigenvalue weighted by Crippen LogP contribution is 2.31. The van der Waals surface area contributed by atoms with Crippen LogP contribution in [0.25, 0.3) is 11.2 Å². The van der Waals surface area contributed by atoms with Crippen molar-refractivity contribution in [2.45, 2.75) is 37.9 Å². The molecule has 0 amide bonds. The standard InChI is InChI=1S/C15H23N5O5/c1-2-24-5-3-4-16-13-10-14(18-7-17-13)20(8-19-10)15-12(23)11(22)9(6-21)25-15/h7-9,11-12,15,21-23H,2-6H2,1H3,(H,16,17,18). The average Bonchev–Trinajstić information content (AvgIpc) is 3.17. The number of rotatable bonds is 8. The molecule has 1 saturated heterocycles. The molecular weight excluding hydrogens is 330 g/mol. The van der Waals surface area contributed by atoms with E-state index >= 15 is 0 Å². The maximum Gasteiger partial charge on any atom is 0.167 e. The summed E-state index contributed by atoms with van der Waals surface area (Å²) in [7, 11) is 0. The normalized spacial score (nSPS) is 26.4. The van der Waals surface area contributed by atoms with Crippen LogP contribution >= 0.6 is 0 Å². The molecule has 138 valence electrons. The first kappa shape index (κ1) is 18.0. The van der Waals surface area contributed by atoms with Gasteiger partial charge in [0.05, 0.1) is 12.9 Å². The molecule has 1 aliphatic rings. The number of fused-ring (bicyclic) bond motifs is 1. The molecule has 0 saturated carbocycles. The monoisotopic (exact) mass is 353 g/mol. The number of aliphatic hydroxyl groups is 3. The second-order valence-corrected chi connectivity index (χ2v) is 5.75. The lowest BCUT2D eigenvalue weighted by molar-refractivity contribution is -0.0511. The van der Waals surface area contributed by atoms with Crippen molar-refractivity contribution in [3.05, 3.63) is 12.7 Å². The Balaban J connectivity index is 1.77. The van der Waals surface area contributed by atoms with Crippen LogP contribution in [0, 0.1) is 0 Å². The summed E-state index contributed by atoms with van der Waals surface area (Å²) >= 11 is 0. The summed E-state index contributed by atoms with van der Waals surface area (Å²) in [5, 5.41) is 32.5. The minimum atomic E-state index is -1.19. The Morgan fingerprint density at radius 3 is 2.84 bits per heavy atom. The van der Waals surface area contributed by atoms with Gasteiger partial charge in [-0.2, -0.15) is 0 Å². The lowest BCUT2D eigenvalue weighted by Gasteiger charge is -2.16. The van der Waals surface area contributed by atoms with Gasteiger partial charge in [0, 0.05) is 19.8 Å². The molecule has 3 rings (SSSR count). The Labute approximate surface area is 144 Å². The molecule has 10 nitrogen and oxygen atoms in total. The lowest BCUT2D eigenvalue weighted by Crippen LogP contribution is -2.33. The average molecular weight is 353 g/mol. The van der Waals surface area contributed by atoms with Crippen LogP contribution in [0.5, 0.6) is 0 Å². The highest BCUT2D eigenvalue weighted by Gasteiger charge is 2.44. The third-order valence-corrected chi connectivity index (χ3v) is 4.11. The van der Waals surface area contributed by atoms with E-state index in [0.29, 0.717) is 36.7 Å². The van der Waals surface area contributed by atoms with Gasteiger partial charge in [0.1, 0.15) is 24.6 Å². The van der Waals surface area contributed by atoms with Crippen molar-refractivity contribution in [3.8, 4) is 0 Å². The molecule has 0 radical (unpaired) electrons. The molecule has 1 fully saturated rings. The first-order valence-corrected chi connectivity index (χ1v) is 8.29. The topological polar surface area (TPSA) is 135 Å². The number of hydrogen-bond donors (Lipinski definition) is 4. The Bertz CT molecular complexity index is 696. The quantitative estimate of drug-likeness (QED) is 0.453. The Morgan fingerprint density at radius 1 is 1.28 bits per heavy atom. The molecule has 4 atom stereocenters. The Hall–Kier alpha value is -1.85. The molecular formula is C15H23N5O5. The molecule has 2 aromatic rings. The summed E-state index contributed by atoms with van der Waals surface area (Å²) in [6.07, 6.45) is -0.391. The molecule has 2 aromatic heterocycles. The van der Waals surface area contributed by atoms with E-state index in [2.05, 4.69) is 20.3 Å². The van der Waals surface area contributed by atoms with E-state index in [-0.39, 0.29) is 6.61 Å². The molecule has 1 aliphatic heterocycles. The maximum atomic E-state index is 10.2. The van der Waals surface area contributed by atoms with Crippen LogP contribution in [0.2, 0.25) is 0 Å². The van der Waals surface area contributed by atoms with Gasteiger partial charge in [-0.05, 0) is 13.3 Å². The molecule has 4 unspecified atom stereocenters. The third-order valence-electron chi connectivity index (χ3n) is 4.11. The van der Waals surface area contributed by atoms with E-state index in [0.717, 1.165) is 6.42 Å². The minimum Gasteiger partial charge on any atom is -0.394 e. The zero-order valence-corrected chi connectivity index (χ0v) is 13.9. The summed E-state index contributed by atoms with van der Waals surface area (Å²) in [5.74, 6) is 0.576. The van der Waals surface area contributed by atoms with Gasteiger partial charge in [-0.15, -0.1) is 0 Å². The van der Waals surface area contributed by atoms with Crippen LogP contribution in [0.4, 0.5) is 5.82 Å². The van der Waals surface area contributed by atoms with Crippen molar-refractivity contribution in [2.75, 3.05) is 31.7 Å². The summed E-state index contributed by atoms with van der Waals surface area (Å²) in [5.41, 5.74) is 1.01. The summed E-state index contributed by atoms with van der Waals surface area (Å²) in [4.78, 5) is 12.7. The summed E-state index contributed by atoms with van der Waals surface area (Å²) in [6.45, 7) is 3.59. The number of anilines is 1. The van der Waals surface area contributed by atoms with E-state index in [1.165, 1.54) is 17.2 Å². The van der Waals surface area contributed by atoms with Gasteiger partial charge in [0.15, 0.2) is 23.2 Å². The van der Waals surface area contributed by atoms with E-state index in [1.807, 2.05) is 6.92 Å². The Morgan fingerprint density at radius 2 is 2.12 bits per heavy atom. The van der Waals surface area contributed by atoms with Crippen LogP contribution < -0.4 is 5.32 Å². The Kier molecular flexibility index (Phi) is 5.76. The molecule has 3 heterocycles. The lowest BCUT2D eigenvalue weighted by atomic mass is 10.1. The molecule has 4 N–H and O–H groups in total. The van der Waals surface area contributed by atoms with Crippen molar-refractivity contribution >= 4 is 17.0 Å². The van der Waals surface area contributed by atoms with E-state index in [9.17, 15) is 15.3 Å². The number of ether oxygens (including phenoxy) is 2. The largest absolute Gasteiger partial charge is 0.394 e. The number of hydrogen-bond acceptors (Lipinski definition) is 9. The fraction of sp³-hybridized carbons (Fsp3) is 0.667. The fourth-order valence-electron chi connectivity index (χ4n) is 2.80. The van der Waals surface area contributed by atoms with Gasteiger partial charge in [-0.25, -0.2) is 15.0 Å². The molecule has 25 heavy (non-hydrogen) atoms. The van der Waals surface area contributed by atoms with Crippen molar-refractivity contribution in [2.24, 2.45) is 0 Å². The van der Waals surface area contributed by atoms with E-state index in [4.69, 9.17) is 9.47 Å². The van der Waals surface area contributed by atoms with Crippen molar-refractivity contribution < 1.29 is 24.8 Å². The van der Waals surface area contributed by atoms with Crippen molar-refractivity contribution in [1.29, 1.82) is 0 Å². The number of aromatic nitrogens is 4. The van der Waals surface area contributed by atoms with Crippen LogP contribution in [0.3, 0.4) is 0 Å². The van der Waals surface area contributed by atoms with E-state index in [1.54, 1.807) is 0 Å². The second-order valence-electron chi connectivity index (χ2n) is 5.75. The smallest absolute Gasteiger partial charge is 0.167 e. The summed E-state index contributed by atoms with van der Waals surface area (Å²) in [6, 6.07) is 0. The number of nitrogens with zero attached hydrogens (tertiary/aromatic N) is 4. The van der Waals surface area contributed by atoms with Gasteiger partial charge in [-0.3, -0.25) is 4.57 Å². The van der Waals surface area contributed by atoms with Crippen molar-refractivity contribution in [1.82, 2.24) is 19.5 Å². The predicted molar refractivity (Wildman–Crippen MR) is 87.9 cm³/mol. The molecule has 0 spiro atoms. The van der Waals surface area contributed by atoms with Crippen LogP contribution in [0.1, 0.15) is 19.6 Å². The SMILES string of the molecule is CCOCCCNc1ncnc2c1ncn2C1OC(CO)C(O)C1O. The molecule has 0 aliphatic carbocycles. The first-order chi connectivity index (χ1) is 12.2. The number of aliphatic hydroxyl groups excluding tert-OH is 3. The van der Waals surface area contributed by atoms with Gasteiger partial charge in [0.25, 0.3) is 0 Å². The highest BCUT2D eigenvalue weighted by atomic mass is 16.6. The van der Waals surface area contributed by atoms with E-state index < -0.39 is 24.5 Å². The predicted octanol–water partition coefficient (Wildman–Crippen LogP) is -0.724. The zero-order chi connectivity index (χ0) is 17.8. The van der Waals surface area contributed by atoms with Gasteiger partial charge < -0.3 is 30.1 Å². The number of nitrogens with one attached hydrogen (secondary N) is 1. The third kappa shape index (κ3) is 3.58. The van der Waals surface area contributed by atoms with Gasteiger partial charge in [-0.1, -0.05) is 0 Å². The van der Waals surface area contributed by atoms with Crippen molar-refractivity contribution in [3.63, 3.8) is 0 Å². The molecule has 0 aromatic carbocycles. The van der Waals surface area contributed by atoms with Crippen LogP contribution in [0.15, 0.2) is 12.7 Å². The van der Waals surface area contributed by atoms with Crippen LogP contribution in [-0.4, -0.2) is 79.5 Å². The molecule has 0 bridgehead atoms. The first-order valence-electron chi connectivity index (χ1n) is 8.29.